The van der Waals surface area contributed by atoms with Crippen LogP contribution in [0.3, 0.4) is 0 Å². The maximum Gasteiger partial charge on any atom is 0.310 e. The summed E-state index contributed by atoms with van der Waals surface area (Å²) in [5, 5.41) is 0. The molecule has 0 unspecified atom stereocenters. The van der Waals surface area contributed by atoms with E-state index < -0.39 is 6.29 Å². The fourth-order valence-corrected chi connectivity index (χ4v) is 1.45. The van der Waals surface area contributed by atoms with Crippen molar-refractivity contribution in [2.75, 3.05) is 0 Å². The SMILES string of the molecule is C[C@H]1CC(=O)O[C@@H](c2ccccc2)O1. The molecule has 3 heteroatoms. The highest BCUT2D eigenvalue weighted by Crippen LogP contribution is 2.26. The van der Waals surface area contributed by atoms with Crippen LogP contribution in [0.1, 0.15) is 25.2 Å². The third kappa shape index (κ3) is 1.93. The second-order valence-corrected chi connectivity index (χ2v) is 3.38. The van der Waals surface area contributed by atoms with Crippen molar-refractivity contribution in [2.24, 2.45) is 0 Å². The molecule has 1 saturated heterocycles. The first-order valence-corrected chi connectivity index (χ1v) is 4.65. The lowest BCUT2D eigenvalue weighted by atomic mass is 10.2. The van der Waals surface area contributed by atoms with Crippen LogP contribution in [0, 0.1) is 0 Å². The molecule has 74 valence electrons. The van der Waals surface area contributed by atoms with Crippen LogP contribution >= 0.6 is 0 Å². The zero-order chi connectivity index (χ0) is 9.97. The smallest absolute Gasteiger partial charge is 0.310 e. The van der Waals surface area contributed by atoms with E-state index in [9.17, 15) is 4.79 Å². The van der Waals surface area contributed by atoms with E-state index in [2.05, 4.69) is 0 Å². The Balaban J connectivity index is 2.15. The first-order chi connectivity index (χ1) is 6.75. The van der Waals surface area contributed by atoms with Gasteiger partial charge in [-0.25, -0.2) is 0 Å². The Morgan fingerprint density at radius 2 is 2.00 bits per heavy atom. The van der Waals surface area contributed by atoms with Crippen LogP contribution in [0.2, 0.25) is 0 Å². The first-order valence-electron chi connectivity index (χ1n) is 4.65. The second kappa shape index (κ2) is 3.80. The Morgan fingerprint density at radius 3 is 2.64 bits per heavy atom. The average molecular weight is 192 g/mol. The normalized spacial score (nSPS) is 27.1. The van der Waals surface area contributed by atoms with E-state index in [-0.39, 0.29) is 12.1 Å². The topological polar surface area (TPSA) is 35.5 Å². The standard InChI is InChI=1S/C11H12O3/c1-8-7-10(12)14-11(13-8)9-5-3-2-4-6-9/h2-6,8,11H,7H2,1H3/t8-,11-/m0/s1. The molecule has 1 heterocycles. The number of rotatable bonds is 1. The molecular formula is C11H12O3. The van der Waals surface area contributed by atoms with Crippen molar-refractivity contribution in [1.29, 1.82) is 0 Å². The lowest BCUT2D eigenvalue weighted by Crippen LogP contribution is -2.28. The molecular weight excluding hydrogens is 180 g/mol. The van der Waals surface area contributed by atoms with E-state index in [0.717, 1.165) is 5.56 Å². The summed E-state index contributed by atoms with van der Waals surface area (Å²) in [5.74, 6) is -0.197. The van der Waals surface area contributed by atoms with Gasteiger partial charge in [-0.15, -0.1) is 0 Å². The molecule has 1 aromatic rings. The summed E-state index contributed by atoms with van der Waals surface area (Å²) in [5.41, 5.74) is 0.882. The molecule has 0 bridgehead atoms. The van der Waals surface area contributed by atoms with Gasteiger partial charge in [-0.05, 0) is 6.92 Å². The molecule has 0 aliphatic carbocycles. The van der Waals surface area contributed by atoms with E-state index in [0.29, 0.717) is 6.42 Å². The molecule has 0 amide bonds. The third-order valence-corrected chi connectivity index (χ3v) is 2.12. The molecule has 1 aromatic carbocycles. The van der Waals surface area contributed by atoms with Crippen LogP contribution < -0.4 is 0 Å². The first kappa shape index (κ1) is 9.21. The van der Waals surface area contributed by atoms with Crippen LogP contribution in [0.4, 0.5) is 0 Å². The molecule has 14 heavy (non-hydrogen) atoms. The Bertz CT molecular complexity index is 321. The number of hydrogen-bond acceptors (Lipinski definition) is 3. The minimum absolute atomic E-state index is 0.0681. The Hall–Kier alpha value is -1.35. The fourth-order valence-electron chi connectivity index (χ4n) is 1.45. The highest BCUT2D eigenvalue weighted by atomic mass is 16.7. The molecule has 0 saturated carbocycles. The Kier molecular flexibility index (Phi) is 2.50. The van der Waals surface area contributed by atoms with Gasteiger partial charge in [0.15, 0.2) is 0 Å². The number of carbonyl (C=O) groups excluding carboxylic acids is 1. The van der Waals surface area contributed by atoms with Crippen molar-refractivity contribution < 1.29 is 14.3 Å². The summed E-state index contributed by atoms with van der Waals surface area (Å²) >= 11 is 0. The number of esters is 1. The third-order valence-electron chi connectivity index (χ3n) is 2.12. The minimum atomic E-state index is -0.535. The summed E-state index contributed by atoms with van der Waals surface area (Å²) < 4.78 is 10.6. The zero-order valence-corrected chi connectivity index (χ0v) is 7.97. The Morgan fingerprint density at radius 1 is 1.29 bits per heavy atom. The van der Waals surface area contributed by atoms with Gasteiger partial charge in [0.05, 0.1) is 12.5 Å². The predicted molar refractivity (Wildman–Crippen MR) is 50.4 cm³/mol. The molecule has 0 N–H and O–H groups in total. The van der Waals surface area contributed by atoms with Gasteiger partial charge in [-0.3, -0.25) is 4.79 Å². The number of ether oxygens (including phenoxy) is 2. The number of benzene rings is 1. The van der Waals surface area contributed by atoms with E-state index in [1.54, 1.807) is 0 Å². The van der Waals surface area contributed by atoms with Crippen molar-refractivity contribution in [2.45, 2.75) is 25.7 Å². The molecule has 0 radical (unpaired) electrons. The van der Waals surface area contributed by atoms with Gasteiger partial charge < -0.3 is 9.47 Å². The maximum absolute atomic E-state index is 11.2. The number of cyclic esters (lactones) is 1. The number of hydrogen-bond donors (Lipinski definition) is 0. The molecule has 1 aliphatic heterocycles. The van der Waals surface area contributed by atoms with Gasteiger partial charge in [0.2, 0.25) is 6.29 Å². The van der Waals surface area contributed by atoms with Gasteiger partial charge in [0.1, 0.15) is 0 Å². The lowest BCUT2D eigenvalue weighted by molar-refractivity contribution is -0.215. The average Bonchev–Trinajstić information content (AvgIpc) is 2.18. The number of carbonyl (C=O) groups is 1. The Labute approximate surface area is 82.6 Å². The van der Waals surface area contributed by atoms with Crippen molar-refractivity contribution in [1.82, 2.24) is 0 Å². The van der Waals surface area contributed by atoms with Crippen molar-refractivity contribution in [3.05, 3.63) is 35.9 Å². The van der Waals surface area contributed by atoms with E-state index in [1.165, 1.54) is 0 Å². The summed E-state index contributed by atoms with van der Waals surface area (Å²) in [6.07, 6.45) is -0.266. The molecule has 1 aliphatic rings. The summed E-state index contributed by atoms with van der Waals surface area (Å²) in [4.78, 5) is 11.2. The fraction of sp³-hybridized carbons (Fsp3) is 0.364. The predicted octanol–water partition coefficient (Wildman–Crippen LogP) is 2.04. The van der Waals surface area contributed by atoms with Gasteiger partial charge in [0.25, 0.3) is 0 Å². The van der Waals surface area contributed by atoms with Crippen molar-refractivity contribution in [3.63, 3.8) is 0 Å². The molecule has 1 fully saturated rings. The van der Waals surface area contributed by atoms with Crippen LogP contribution in [-0.4, -0.2) is 12.1 Å². The zero-order valence-electron chi connectivity index (χ0n) is 7.97. The highest BCUT2D eigenvalue weighted by Gasteiger charge is 2.27. The van der Waals surface area contributed by atoms with Gasteiger partial charge in [-0.1, -0.05) is 30.3 Å². The monoisotopic (exact) mass is 192 g/mol. The van der Waals surface area contributed by atoms with Crippen LogP contribution in [0.15, 0.2) is 30.3 Å². The largest absolute Gasteiger partial charge is 0.431 e. The van der Waals surface area contributed by atoms with Gasteiger partial charge in [-0.2, -0.15) is 0 Å². The quantitative estimate of drug-likeness (QED) is 0.639. The van der Waals surface area contributed by atoms with E-state index in [4.69, 9.17) is 9.47 Å². The summed E-state index contributed by atoms with van der Waals surface area (Å²) in [6.45, 7) is 1.87. The molecule has 2 atom stereocenters. The van der Waals surface area contributed by atoms with Crippen LogP contribution in [-0.2, 0) is 14.3 Å². The molecule has 2 rings (SSSR count). The van der Waals surface area contributed by atoms with Gasteiger partial charge >= 0.3 is 5.97 Å². The maximum atomic E-state index is 11.2. The molecule has 0 aromatic heterocycles. The van der Waals surface area contributed by atoms with Crippen LogP contribution in [0.25, 0.3) is 0 Å². The van der Waals surface area contributed by atoms with Crippen molar-refractivity contribution in [3.8, 4) is 0 Å². The highest BCUT2D eigenvalue weighted by molar-refractivity contribution is 5.70. The van der Waals surface area contributed by atoms with E-state index >= 15 is 0 Å². The minimum Gasteiger partial charge on any atom is -0.431 e. The lowest BCUT2D eigenvalue weighted by Gasteiger charge is -2.27. The summed E-state index contributed by atoms with van der Waals surface area (Å²) in [7, 11) is 0. The van der Waals surface area contributed by atoms with Crippen molar-refractivity contribution >= 4 is 5.97 Å². The van der Waals surface area contributed by atoms with E-state index in [1.807, 2.05) is 37.3 Å². The summed E-state index contributed by atoms with van der Waals surface area (Å²) in [6, 6.07) is 9.47. The van der Waals surface area contributed by atoms with Gasteiger partial charge in [0, 0.05) is 5.56 Å². The molecule has 3 nitrogen and oxygen atoms in total. The second-order valence-electron chi connectivity index (χ2n) is 3.38. The van der Waals surface area contributed by atoms with Crippen LogP contribution in [0.5, 0.6) is 0 Å². The molecule has 0 spiro atoms.